The predicted molar refractivity (Wildman–Crippen MR) is 45.6 cm³/mol. The molecule has 1 rings (SSSR count). The van der Waals surface area contributed by atoms with Crippen molar-refractivity contribution < 1.29 is 9.53 Å². The van der Waals surface area contributed by atoms with Gasteiger partial charge in [-0.15, -0.1) is 0 Å². The first kappa shape index (κ1) is 9.44. The largest absolute Gasteiger partial charge is 0.461 e. The lowest BCUT2D eigenvalue weighted by Gasteiger charge is -1.99. The van der Waals surface area contributed by atoms with Gasteiger partial charge in [-0.2, -0.15) is 5.10 Å². The second kappa shape index (κ2) is 3.84. The molecule has 0 fully saturated rings. The number of aromatic amines is 1. The summed E-state index contributed by atoms with van der Waals surface area (Å²) in [4.78, 5) is 22.4. The highest BCUT2D eigenvalue weighted by atomic mass is 16.5. The minimum atomic E-state index is -0.688. The second-order valence-electron chi connectivity index (χ2n) is 2.47. The van der Waals surface area contributed by atoms with Gasteiger partial charge in [0.05, 0.1) is 6.61 Å². The quantitative estimate of drug-likeness (QED) is 0.665. The summed E-state index contributed by atoms with van der Waals surface area (Å²) in [6, 6.07) is 0. The summed E-state index contributed by atoms with van der Waals surface area (Å²) in [7, 11) is 0. The van der Waals surface area contributed by atoms with Crippen LogP contribution in [0.5, 0.6) is 0 Å². The number of H-pyrrole nitrogens is 1. The number of nitrogens with one attached hydrogen (secondary N) is 1. The van der Waals surface area contributed by atoms with Crippen LogP contribution in [0, 0.1) is 6.92 Å². The molecule has 0 aliphatic carbocycles. The van der Waals surface area contributed by atoms with Crippen molar-refractivity contribution in [1.29, 1.82) is 0 Å². The van der Waals surface area contributed by atoms with Crippen LogP contribution in [0.25, 0.3) is 0 Å². The fraction of sp³-hybridized carbons (Fsp3) is 0.375. The predicted octanol–water partition coefficient (Wildman–Crippen LogP) is 0.255. The Labute approximate surface area is 74.7 Å². The van der Waals surface area contributed by atoms with Crippen molar-refractivity contribution in [2.45, 2.75) is 13.8 Å². The van der Waals surface area contributed by atoms with Crippen molar-refractivity contribution in [1.82, 2.24) is 10.2 Å². The Morgan fingerprint density at radius 3 is 3.00 bits per heavy atom. The number of hydrogen-bond acceptors (Lipinski definition) is 4. The molecular weight excluding hydrogens is 172 g/mol. The molecule has 0 aliphatic heterocycles. The number of rotatable bonds is 2. The maximum Gasteiger partial charge on any atom is 0.362 e. The third-order valence-corrected chi connectivity index (χ3v) is 1.50. The number of esters is 1. The summed E-state index contributed by atoms with van der Waals surface area (Å²) in [5.74, 6) is -0.688. The van der Waals surface area contributed by atoms with Crippen molar-refractivity contribution in [3.05, 3.63) is 27.7 Å². The molecule has 0 atom stereocenters. The van der Waals surface area contributed by atoms with Gasteiger partial charge in [-0.25, -0.2) is 4.79 Å². The molecule has 0 saturated heterocycles. The van der Waals surface area contributed by atoms with Crippen molar-refractivity contribution in [2.75, 3.05) is 6.61 Å². The van der Waals surface area contributed by atoms with E-state index in [4.69, 9.17) is 0 Å². The van der Waals surface area contributed by atoms with E-state index in [0.29, 0.717) is 5.56 Å². The topological polar surface area (TPSA) is 72.0 Å². The SMILES string of the molecule is CCOC(=O)c1n[nH]cc(C)c1=O. The molecular formula is C8H10N2O3. The van der Waals surface area contributed by atoms with E-state index in [-0.39, 0.29) is 12.3 Å². The maximum absolute atomic E-state index is 11.3. The summed E-state index contributed by atoms with van der Waals surface area (Å²) in [6.07, 6.45) is 1.44. The van der Waals surface area contributed by atoms with Gasteiger partial charge in [0.2, 0.25) is 11.1 Å². The van der Waals surface area contributed by atoms with Crippen molar-refractivity contribution in [3.63, 3.8) is 0 Å². The minimum Gasteiger partial charge on any atom is -0.461 e. The number of nitrogens with zero attached hydrogens (tertiary/aromatic N) is 1. The number of ether oxygens (including phenoxy) is 1. The fourth-order valence-corrected chi connectivity index (χ4v) is 0.835. The molecule has 13 heavy (non-hydrogen) atoms. The number of aromatic nitrogens is 2. The monoisotopic (exact) mass is 182 g/mol. The van der Waals surface area contributed by atoms with Crippen LogP contribution in [0.4, 0.5) is 0 Å². The van der Waals surface area contributed by atoms with E-state index in [9.17, 15) is 9.59 Å². The standard InChI is InChI=1S/C8H10N2O3/c1-3-13-8(12)6-7(11)5(2)4-9-10-6/h4H,3H2,1-2H3,(H,9,11). The summed E-state index contributed by atoms with van der Waals surface area (Å²) in [6.45, 7) is 3.50. The fourth-order valence-electron chi connectivity index (χ4n) is 0.835. The molecule has 1 heterocycles. The normalized spacial score (nSPS) is 9.69. The van der Waals surface area contributed by atoms with Crippen LogP contribution < -0.4 is 5.43 Å². The number of hydrogen-bond donors (Lipinski definition) is 1. The van der Waals surface area contributed by atoms with Crippen molar-refractivity contribution >= 4 is 5.97 Å². The lowest BCUT2D eigenvalue weighted by Crippen LogP contribution is -2.22. The highest BCUT2D eigenvalue weighted by Gasteiger charge is 2.13. The third-order valence-electron chi connectivity index (χ3n) is 1.50. The first-order valence-corrected chi connectivity index (χ1v) is 3.88. The van der Waals surface area contributed by atoms with E-state index in [1.807, 2.05) is 0 Å². The Morgan fingerprint density at radius 1 is 1.69 bits per heavy atom. The molecule has 70 valence electrons. The lowest BCUT2D eigenvalue weighted by molar-refractivity contribution is 0.0516. The van der Waals surface area contributed by atoms with E-state index < -0.39 is 11.4 Å². The molecule has 0 radical (unpaired) electrons. The van der Waals surface area contributed by atoms with Gasteiger partial charge in [0.15, 0.2) is 0 Å². The van der Waals surface area contributed by atoms with Crippen molar-refractivity contribution in [3.8, 4) is 0 Å². The van der Waals surface area contributed by atoms with Gasteiger partial charge in [-0.3, -0.25) is 9.89 Å². The zero-order valence-electron chi connectivity index (χ0n) is 7.46. The Morgan fingerprint density at radius 2 is 2.38 bits per heavy atom. The average molecular weight is 182 g/mol. The molecule has 1 N–H and O–H groups in total. The molecule has 5 heteroatoms. The van der Waals surface area contributed by atoms with Crippen molar-refractivity contribution in [2.24, 2.45) is 0 Å². The van der Waals surface area contributed by atoms with E-state index in [1.165, 1.54) is 6.20 Å². The summed E-state index contributed by atoms with van der Waals surface area (Å²) >= 11 is 0. The lowest BCUT2D eigenvalue weighted by atomic mass is 10.3. The molecule has 1 aromatic rings. The average Bonchev–Trinajstić information content (AvgIpc) is 2.10. The van der Waals surface area contributed by atoms with Crippen LogP contribution in [0.15, 0.2) is 11.0 Å². The van der Waals surface area contributed by atoms with Gasteiger partial charge >= 0.3 is 5.97 Å². The molecule has 0 unspecified atom stereocenters. The summed E-state index contributed by atoms with van der Waals surface area (Å²) in [5, 5.41) is 6.00. The molecule has 0 aliphatic rings. The highest BCUT2D eigenvalue weighted by Crippen LogP contribution is 1.91. The molecule has 0 spiro atoms. The molecule has 0 amide bonds. The molecule has 0 bridgehead atoms. The van der Waals surface area contributed by atoms with Gasteiger partial charge in [0.1, 0.15) is 0 Å². The van der Waals surface area contributed by atoms with Crippen LogP contribution in [-0.2, 0) is 4.74 Å². The molecule has 5 nitrogen and oxygen atoms in total. The zero-order valence-corrected chi connectivity index (χ0v) is 7.46. The first-order chi connectivity index (χ1) is 6.16. The van der Waals surface area contributed by atoms with E-state index in [1.54, 1.807) is 13.8 Å². The van der Waals surface area contributed by atoms with E-state index in [0.717, 1.165) is 0 Å². The Balaban J connectivity index is 3.08. The smallest absolute Gasteiger partial charge is 0.362 e. The summed E-state index contributed by atoms with van der Waals surface area (Å²) in [5.41, 5.74) is -0.142. The summed E-state index contributed by atoms with van der Waals surface area (Å²) < 4.78 is 4.64. The van der Waals surface area contributed by atoms with Gasteiger partial charge in [-0.05, 0) is 13.8 Å². The van der Waals surface area contributed by atoms with Crippen LogP contribution in [0.3, 0.4) is 0 Å². The Kier molecular flexibility index (Phi) is 2.79. The van der Waals surface area contributed by atoms with Gasteiger partial charge in [0.25, 0.3) is 0 Å². The zero-order chi connectivity index (χ0) is 9.84. The highest BCUT2D eigenvalue weighted by molar-refractivity contribution is 5.86. The number of aryl methyl sites for hydroxylation is 1. The number of carbonyl (C=O) groups excluding carboxylic acids is 1. The van der Waals surface area contributed by atoms with Gasteiger partial charge in [-0.1, -0.05) is 0 Å². The molecule has 0 aromatic carbocycles. The van der Waals surface area contributed by atoms with Crippen LogP contribution in [-0.4, -0.2) is 22.8 Å². The van der Waals surface area contributed by atoms with E-state index >= 15 is 0 Å². The second-order valence-corrected chi connectivity index (χ2v) is 2.47. The maximum atomic E-state index is 11.3. The number of carbonyl (C=O) groups is 1. The van der Waals surface area contributed by atoms with Crippen LogP contribution in [0.1, 0.15) is 23.0 Å². The van der Waals surface area contributed by atoms with Gasteiger partial charge < -0.3 is 4.74 Å². The Bertz CT molecular complexity index is 370. The molecule has 0 saturated carbocycles. The third kappa shape index (κ3) is 1.93. The van der Waals surface area contributed by atoms with E-state index in [2.05, 4.69) is 14.9 Å². The van der Waals surface area contributed by atoms with Crippen LogP contribution in [0.2, 0.25) is 0 Å². The molecule has 1 aromatic heterocycles. The van der Waals surface area contributed by atoms with Gasteiger partial charge in [0, 0.05) is 11.8 Å². The minimum absolute atomic E-state index is 0.193. The Hall–Kier alpha value is -1.65. The van der Waals surface area contributed by atoms with Crippen LogP contribution >= 0.6 is 0 Å². The first-order valence-electron chi connectivity index (χ1n) is 3.88.